The lowest BCUT2D eigenvalue weighted by Gasteiger charge is -2.20. The quantitative estimate of drug-likeness (QED) is 0.832. The molecule has 4 nitrogen and oxygen atoms in total. The molecule has 4 heteroatoms. The Labute approximate surface area is 115 Å². The van der Waals surface area contributed by atoms with Gasteiger partial charge in [-0.1, -0.05) is 0 Å². The molecule has 1 aromatic rings. The number of nitrogens with one attached hydrogen (secondary N) is 1. The van der Waals surface area contributed by atoms with Crippen molar-refractivity contribution in [3.63, 3.8) is 0 Å². The lowest BCUT2D eigenvalue weighted by atomic mass is 10.1. The van der Waals surface area contributed by atoms with Gasteiger partial charge in [-0.15, -0.1) is 0 Å². The molecule has 0 saturated heterocycles. The first-order valence-electron chi connectivity index (χ1n) is 6.71. The van der Waals surface area contributed by atoms with Gasteiger partial charge in [0.1, 0.15) is 17.1 Å². The molecule has 0 aliphatic carbocycles. The smallest absolute Gasteiger partial charge is 0.307 e. The van der Waals surface area contributed by atoms with E-state index in [-0.39, 0.29) is 12.0 Å². The molecule has 1 atom stereocenters. The summed E-state index contributed by atoms with van der Waals surface area (Å²) in [7, 11) is 0. The van der Waals surface area contributed by atoms with Crippen molar-refractivity contribution in [2.75, 3.05) is 6.54 Å². The van der Waals surface area contributed by atoms with Gasteiger partial charge in [-0.2, -0.15) is 0 Å². The molecule has 0 aliphatic heterocycles. The maximum Gasteiger partial charge on any atom is 0.307 e. The van der Waals surface area contributed by atoms with Gasteiger partial charge in [-0.25, -0.2) is 0 Å². The Bertz CT molecular complexity index is 429. The van der Waals surface area contributed by atoms with Crippen molar-refractivity contribution in [3.8, 4) is 0 Å². The molecule has 19 heavy (non-hydrogen) atoms. The lowest BCUT2D eigenvalue weighted by molar-refractivity contribution is -0.154. The van der Waals surface area contributed by atoms with Gasteiger partial charge in [0.05, 0.1) is 6.42 Å². The van der Waals surface area contributed by atoms with Gasteiger partial charge in [0, 0.05) is 18.2 Å². The Morgan fingerprint density at radius 2 is 2.05 bits per heavy atom. The highest BCUT2D eigenvalue weighted by Crippen LogP contribution is 2.21. The van der Waals surface area contributed by atoms with Crippen LogP contribution in [0.15, 0.2) is 10.5 Å². The Morgan fingerprint density at radius 3 is 2.53 bits per heavy atom. The Morgan fingerprint density at radius 1 is 1.42 bits per heavy atom. The minimum atomic E-state index is -0.416. The zero-order valence-electron chi connectivity index (χ0n) is 12.8. The van der Waals surface area contributed by atoms with Crippen LogP contribution < -0.4 is 5.32 Å². The van der Waals surface area contributed by atoms with Crippen molar-refractivity contribution >= 4 is 5.97 Å². The predicted octanol–water partition coefficient (Wildman–Crippen LogP) is 3.28. The topological polar surface area (TPSA) is 51.5 Å². The minimum Gasteiger partial charge on any atom is -0.466 e. The first kappa shape index (κ1) is 15.8. The molecule has 1 unspecified atom stereocenters. The lowest BCUT2D eigenvalue weighted by Crippen LogP contribution is -2.27. The van der Waals surface area contributed by atoms with Crippen molar-refractivity contribution in [1.29, 1.82) is 0 Å². The number of aryl methyl sites for hydroxylation is 2. The standard InChI is InChI=1S/C15H25NO3/c1-10-9-13(12(3)18-10)11(2)16-8-7-14(17)19-15(4,5)6/h9,11,16H,7-8H2,1-6H3. The summed E-state index contributed by atoms with van der Waals surface area (Å²) in [5, 5.41) is 3.31. The highest BCUT2D eigenvalue weighted by atomic mass is 16.6. The second-order valence-corrected chi connectivity index (χ2v) is 5.88. The van der Waals surface area contributed by atoms with Gasteiger partial charge < -0.3 is 14.5 Å². The van der Waals surface area contributed by atoms with Gasteiger partial charge >= 0.3 is 5.97 Å². The molecule has 0 saturated carbocycles. The average Bonchev–Trinajstić information content (AvgIpc) is 2.55. The molecule has 0 aromatic carbocycles. The van der Waals surface area contributed by atoms with Crippen LogP contribution in [0.25, 0.3) is 0 Å². The number of ether oxygens (including phenoxy) is 1. The summed E-state index contributed by atoms with van der Waals surface area (Å²) >= 11 is 0. The fraction of sp³-hybridized carbons (Fsp3) is 0.667. The van der Waals surface area contributed by atoms with E-state index < -0.39 is 5.60 Å². The zero-order valence-corrected chi connectivity index (χ0v) is 12.8. The van der Waals surface area contributed by atoms with Crippen LogP contribution in [0, 0.1) is 13.8 Å². The number of hydrogen-bond acceptors (Lipinski definition) is 4. The Balaban J connectivity index is 2.37. The van der Waals surface area contributed by atoms with E-state index in [4.69, 9.17) is 9.15 Å². The molecule has 1 heterocycles. The van der Waals surface area contributed by atoms with Crippen LogP contribution in [0.5, 0.6) is 0 Å². The Hall–Kier alpha value is -1.29. The van der Waals surface area contributed by atoms with E-state index in [1.807, 2.05) is 40.7 Å². The molecule has 0 fully saturated rings. The monoisotopic (exact) mass is 267 g/mol. The van der Waals surface area contributed by atoms with Crippen molar-refractivity contribution < 1.29 is 13.9 Å². The van der Waals surface area contributed by atoms with Gasteiger partial charge in [-0.3, -0.25) is 4.79 Å². The number of carbonyl (C=O) groups excluding carboxylic acids is 1. The van der Waals surface area contributed by atoms with Crippen LogP contribution >= 0.6 is 0 Å². The zero-order chi connectivity index (χ0) is 14.6. The van der Waals surface area contributed by atoms with E-state index in [0.717, 1.165) is 17.1 Å². The number of esters is 1. The second kappa shape index (κ2) is 6.24. The number of furan rings is 1. The number of rotatable bonds is 5. The molecule has 0 aliphatic rings. The maximum atomic E-state index is 11.6. The average molecular weight is 267 g/mol. The molecule has 0 amide bonds. The SMILES string of the molecule is Cc1cc(C(C)NCCC(=O)OC(C)(C)C)c(C)o1. The van der Waals surface area contributed by atoms with Crippen LogP contribution in [0.3, 0.4) is 0 Å². The van der Waals surface area contributed by atoms with Gasteiger partial charge in [0.15, 0.2) is 0 Å². The van der Waals surface area contributed by atoms with E-state index in [2.05, 4.69) is 12.2 Å². The van der Waals surface area contributed by atoms with Crippen LogP contribution in [-0.4, -0.2) is 18.1 Å². The summed E-state index contributed by atoms with van der Waals surface area (Å²) in [4.78, 5) is 11.6. The van der Waals surface area contributed by atoms with Gasteiger partial charge in [0.2, 0.25) is 0 Å². The third-order valence-electron chi connectivity index (χ3n) is 2.75. The summed E-state index contributed by atoms with van der Waals surface area (Å²) < 4.78 is 10.8. The third-order valence-corrected chi connectivity index (χ3v) is 2.75. The summed E-state index contributed by atoms with van der Waals surface area (Å²) in [6.45, 7) is 12.2. The van der Waals surface area contributed by atoms with Crippen LogP contribution in [0.2, 0.25) is 0 Å². The highest BCUT2D eigenvalue weighted by Gasteiger charge is 2.17. The number of hydrogen-bond donors (Lipinski definition) is 1. The van der Waals surface area contributed by atoms with Gasteiger partial charge in [0.25, 0.3) is 0 Å². The Kier molecular flexibility index (Phi) is 5.18. The number of carbonyl (C=O) groups is 1. The maximum absolute atomic E-state index is 11.6. The molecule has 108 valence electrons. The summed E-state index contributed by atoms with van der Waals surface area (Å²) in [5.41, 5.74) is 0.725. The normalized spacial score (nSPS) is 13.4. The molecular formula is C15H25NO3. The third kappa shape index (κ3) is 5.47. The van der Waals surface area contributed by atoms with Crippen LogP contribution in [0.4, 0.5) is 0 Å². The fourth-order valence-corrected chi connectivity index (χ4v) is 1.97. The predicted molar refractivity (Wildman–Crippen MR) is 75.1 cm³/mol. The first-order valence-corrected chi connectivity index (χ1v) is 6.71. The van der Waals surface area contributed by atoms with E-state index >= 15 is 0 Å². The van der Waals surface area contributed by atoms with E-state index in [0.29, 0.717) is 13.0 Å². The van der Waals surface area contributed by atoms with Crippen molar-refractivity contribution in [3.05, 3.63) is 23.2 Å². The molecule has 1 rings (SSSR count). The van der Waals surface area contributed by atoms with E-state index in [1.165, 1.54) is 0 Å². The molecule has 0 radical (unpaired) electrons. The molecule has 1 aromatic heterocycles. The van der Waals surface area contributed by atoms with E-state index in [9.17, 15) is 4.79 Å². The second-order valence-electron chi connectivity index (χ2n) is 5.88. The van der Waals surface area contributed by atoms with Crippen molar-refractivity contribution in [2.45, 2.75) is 59.6 Å². The molecule has 1 N–H and O–H groups in total. The minimum absolute atomic E-state index is 0.167. The van der Waals surface area contributed by atoms with Gasteiger partial charge in [-0.05, 0) is 47.6 Å². The van der Waals surface area contributed by atoms with Crippen LogP contribution in [0.1, 0.15) is 57.2 Å². The summed E-state index contributed by atoms with van der Waals surface area (Å²) in [5.74, 6) is 1.66. The fourth-order valence-electron chi connectivity index (χ4n) is 1.97. The molecular weight excluding hydrogens is 242 g/mol. The molecule has 0 spiro atoms. The van der Waals surface area contributed by atoms with Crippen molar-refractivity contribution in [1.82, 2.24) is 5.32 Å². The van der Waals surface area contributed by atoms with E-state index in [1.54, 1.807) is 0 Å². The summed E-state index contributed by atoms with van der Waals surface area (Å²) in [6, 6.07) is 2.19. The highest BCUT2D eigenvalue weighted by molar-refractivity contribution is 5.70. The molecule has 0 bridgehead atoms. The first-order chi connectivity index (χ1) is 8.69. The van der Waals surface area contributed by atoms with Crippen molar-refractivity contribution in [2.24, 2.45) is 0 Å². The largest absolute Gasteiger partial charge is 0.466 e. The van der Waals surface area contributed by atoms with Crippen LogP contribution in [-0.2, 0) is 9.53 Å². The summed E-state index contributed by atoms with van der Waals surface area (Å²) in [6.07, 6.45) is 0.373.